The lowest BCUT2D eigenvalue weighted by Gasteiger charge is -1.94. The number of hydrogen-bond donors (Lipinski definition) is 0. The van der Waals surface area contributed by atoms with Crippen molar-refractivity contribution in [2.75, 3.05) is 0 Å². The largest absolute Gasteiger partial charge is 0.192 e. The van der Waals surface area contributed by atoms with Gasteiger partial charge >= 0.3 is 0 Å². The van der Waals surface area contributed by atoms with Crippen molar-refractivity contribution in [3.8, 4) is 12.1 Å². The molecule has 72 valence electrons. The van der Waals surface area contributed by atoms with Gasteiger partial charge in [-0.2, -0.15) is 10.5 Å². The van der Waals surface area contributed by atoms with E-state index in [0.717, 1.165) is 5.56 Å². The van der Waals surface area contributed by atoms with Crippen LogP contribution in [-0.4, -0.2) is 0 Å². The molecular formula is C12H7ClN2. The van der Waals surface area contributed by atoms with Crippen molar-refractivity contribution < 1.29 is 0 Å². The molecule has 2 nitrogen and oxygen atoms in total. The summed E-state index contributed by atoms with van der Waals surface area (Å²) in [6.45, 7) is 0. The molecule has 0 aliphatic heterocycles. The van der Waals surface area contributed by atoms with Crippen LogP contribution in [0.25, 0.3) is 6.08 Å². The van der Waals surface area contributed by atoms with E-state index in [0.29, 0.717) is 5.02 Å². The molecule has 0 aliphatic rings. The van der Waals surface area contributed by atoms with Crippen molar-refractivity contribution in [2.24, 2.45) is 0 Å². The van der Waals surface area contributed by atoms with E-state index < -0.39 is 0 Å². The second-order valence-corrected chi connectivity index (χ2v) is 3.09. The summed E-state index contributed by atoms with van der Waals surface area (Å²) >= 11 is 5.91. The van der Waals surface area contributed by atoms with Crippen LogP contribution in [0.2, 0.25) is 5.02 Å². The molecule has 1 aromatic carbocycles. The van der Waals surface area contributed by atoms with Gasteiger partial charge in [-0.25, -0.2) is 0 Å². The monoisotopic (exact) mass is 214 g/mol. The highest BCUT2D eigenvalue weighted by Crippen LogP contribution is 2.16. The van der Waals surface area contributed by atoms with Gasteiger partial charge in [-0.15, -0.1) is 0 Å². The molecular weight excluding hydrogens is 208 g/mol. The second kappa shape index (κ2) is 5.65. The molecule has 1 rings (SSSR count). The topological polar surface area (TPSA) is 47.6 Å². The Balaban J connectivity index is 2.86. The lowest BCUT2D eigenvalue weighted by molar-refractivity contribution is 1.46. The van der Waals surface area contributed by atoms with E-state index >= 15 is 0 Å². The van der Waals surface area contributed by atoms with Gasteiger partial charge in [-0.1, -0.05) is 42.0 Å². The minimum Gasteiger partial charge on any atom is -0.192 e. The fraction of sp³-hybridized carbons (Fsp3) is 0. The molecule has 15 heavy (non-hydrogen) atoms. The Hall–Kier alpha value is -2.03. The normalized spacial score (nSPS) is 9.27. The van der Waals surface area contributed by atoms with Crippen LogP contribution in [-0.2, 0) is 0 Å². The summed E-state index contributed by atoms with van der Waals surface area (Å²) in [5.41, 5.74) is 0.920. The third-order valence-corrected chi connectivity index (χ3v) is 2.03. The van der Waals surface area contributed by atoms with E-state index in [1.807, 2.05) is 18.2 Å². The smallest absolute Gasteiger partial charge is 0.129 e. The Morgan fingerprint density at radius 3 is 2.47 bits per heavy atom. The fourth-order valence-electron chi connectivity index (χ4n) is 0.958. The molecule has 0 radical (unpaired) electrons. The van der Waals surface area contributed by atoms with Crippen LogP contribution in [0.4, 0.5) is 0 Å². The molecule has 0 unspecified atom stereocenters. The third-order valence-electron chi connectivity index (χ3n) is 1.68. The van der Waals surface area contributed by atoms with Crippen LogP contribution in [0.5, 0.6) is 0 Å². The van der Waals surface area contributed by atoms with Gasteiger partial charge in [0.1, 0.15) is 17.7 Å². The maximum atomic E-state index is 8.48. The number of hydrogen-bond acceptors (Lipinski definition) is 2. The molecule has 0 bridgehead atoms. The first-order chi connectivity index (χ1) is 7.27. The van der Waals surface area contributed by atoms with E-state index in [2.05, 4.69) is 0 Å². The zero-order chi connectivity index (χ0) is 11.1. The maximum Gasteiger partial charge on any atom is 0.129 e. The van der Waals surface area contributed by atoms with Crippen LogP contribution < -0.4 is 0 Å². The lowest BCUT2D eigenvalue weighted by Crippen LogP contribution is -1.73. The predicted molar refractivity (Wildman–Crippen MR) is 59.8 cm³/mol. The molecule has 3 heteroatoms. The van der Waals surface area contributed by atoms with Crippen LogP contribution in [0.3, 0.4) is 0 Å². The molecule has 0 spiro atoms. The summed E-state index contributed by atoms with van der Waals surface area (Å²) in [7, 11) is 0. The maximum absolute atomic E-state index is 8.48. The van der Waals surface area contributed by atoms with Crippen LogP contribution >= 0.6 is 11.6 Å². The van der Waals surface area contributed by atoms with E-state index in [1.54, 1.807) is 30.4 Å². The second-order valence-electron chi connectivity index (χ2n) is 2.68. The number of allylic oxidation sites excluding steroid dienone is 3. The van der Waals surface area contributed by atoms with Crippen molar-refractivity contribution in [1.29, 1.82) is 10.5 Å². The van der Waals surface area contributed by atoms with Crippen LogP contribution in [0, 0.1) is 22.7 Å². The van der Waals surface area contributed by atoms with Crippen molar-refractivity contribution >= 4 is 17.7 Å². The Bertz CT molecular complexity index is 471. The summed E-state index contributed by atoms with van der Waals surface area (Å²) in [6.07, 6.45) is 4.82. The first-order valence-electron chi connectivity index (χ1n) is 4.21. The summed E-state index contributed by atoms with van der Waals surface area (Å²) < 4.78 is 0. The van der Waals surface area contributed by atoms with E-state index in [-0.39, 0.29) is 5.57 Å². The van der Waals surface area contributed by atoms with E-state index in [1.165, 1.54) is 6.08 Å². The molecule has 0 aliphatic carbocycles. The number of rotatable bonds is 2. The average molecular weight is 215 g/mol. The highest BCUT2D eigenvalue weighted by Gasteiger charge is 1.92. The molecule has 0 saturated heterocycles. The van der Waals surface area contributed by atoms with Gasteiger partial charge in [0.05, 0.1) is 0 Å². The van der Waals surface area contributed by atoms with Gasteiger partial charge in [-0.05, 0) is 17.7 Å². The molecule has 0 heterocycles. The lowest BCUT2D eigenvalue weighted by atomic mass is 10.2. The van der Waals surface area contributed by atoms with Gasteiger partial charge in [0.2, 0.25) is 0 Å². The Kier molecular flexibility index (Phi) is 4.16. The third kappa shape index (κ3) is 3.31. The number of benzene rings is 1. The average Bonchev–Trinajstić information content (AvgIpc) is 2.27. The highest BCUT2D eigenvalue weighted by atomic mass is 35.5. The van der Waals surface area contributed by atoms with Crippen molar-refractivity contribution in [1.82, 2.24) is 0 Å². The SMILES string of the molecule is N#CC(C#N)=C/C=C/c1ccccc1Cl. The van der Waals surface area contributed by atoms with Gasteiger partial charge in [0, 0.05) is 5.02 Å². The Labute approximate surface area is 93.3 Å². The summed E-state index contributed by atoms with van der Waals surface area (Å²) in [6, 6.07) is 10.9. The van der Waals surface area contributed by atoms with Gasteiger partial charge in [0.15, 0.2) is 0 Å². The predicted octanol–water partition coefficient (Wildman–Crippen LogP) is 3.33. The minimum atomic E-state index is 0.0679. The summed E-state index contributed by atoms with van der Waals surface area (Å²) in [5.74, 6) is 0. The quantitative estimate of drug-likeness (QED) is 0.560. The zero-order valence-electron chi connectivity index (χ0n) is 7.81. The summed E-state index contributed by atoms with van der Waals surface area (Å²) in [5, 5.41) is 17.6. The molecule has 1 aromatic rings. The Morgan fingerprint density at radius 2 is 1.87 bits per heavy atom. The van der Waals surface area contributed by atoms with Crippen molar-refractivity contribution in [2.45, 2.75) is 0 Å². The Morgan fingerprint density at radius 1 is 1.20 bits per heavy atom. The molecule has 0 amide bonds. The standard InChI is InChI=1S/C12H7ClN2/c13-12-7-2-1-5-11(12)6-3-4-10(8-14)9-15/h1-7H/b6-3+. The van der Waals surface area contributed by atoms with Gasteiger partial charge < -0.3 is 0 Å². The van der Waals surface area contributed by atoms with Crippen molar-refractivity contribution in [3.63, 3.8) is 0 Å². The number of nitrogens with zero attached hydrogens (tertiary/aromatic N) is 2. The molecule has 0 aromatic heterocycles. The molecule has 0 atom stereocenters. The van der Waals surface area contributed by atoms with Gasteiger partial charge in [0.25, 0.3) is 0 Å². The summed E-state index contributed by atoms with van der Waals surface area (Å²) in [4.78, 5) is 0. The van der Waals surface area contributed by atoms with E-state index in [4.69, 9.17) is 22.1 Å². The molecule has 0 N–H and O–H groups in total. The number of halogens is 1. The highest BCUT2D eigenvalue weighted by molar-refractivity contribution is 6.32. The van der Waals surface area contributed by atoms with E-state index in [9.17, 15) is 0 Å². The number of nitriles is 2. The van der Waals surface area contributed by atoms with Crippen molar-refractivity contribution in [3.05, 3.63) is 52.6 Å². The first kappa shape index (κ1) is 11.0. The van der Waals surface area contributed by atoms with Crippen LogP contribution in [0.1, 0.15) is 5.56 Å². The van der Waals surface area contributed by atoms with Gasteiger partial charge in [-0.3, -0.25) is 0 Å². The molecule has 0 fully saturated rings. The fourth-order valence-corrected chi connectivity index (χ4v) is 1.16. The zero-order valence-corrected chi connectivity index (χ0v) is 8.57. The molecule has 0 saturated carbocycles. The van der Waals surface area contributed by atoms with Crippen LogP contribution in [0.15, 0.2) is 42.0 Å². The minimum absolute atomic E-state index is 0.0679. The first-order valence-corrected chi connectivity index (χ1v) is 4.59.